The van der Waals surface area contributed by atoms with Gasteiger partial charge in [0.2, 0.25) is 10.0 Å². The SMILES string of the molecule is Cc1ccc(CCCNS(=O)(=O)c2ccc(F)cc2)cc1. The molecule has 0 heterocycles. The Bertz CT molecular complexity index is 679. The van der Waals surface area contributed by atoms with Crippen molar-refractivity contribution >= 4 is 10.0 Å². The van der Waals surface area contributed by atoms with Gasteiger partial charge in [-0.15, -0.1) is 0 Å². The van der Waals surface area contributed by atoms with Crippen molar-refractivity contribution in [3.05, 3.63) is 65.5 Å². The maximum Gasteiger partial charge on any atom is 0.240 e. The quantitative estimate of drug-likeness (QED) is 0.834. The zero-order valence-electron chi connectivity index (χ0n) is 11.8. The summed E-state index contributed by atoms with van der Waals surface area (Å²) in [5.41, 5.74) is 2.39. The molecule has 2 aromatic carbocycles. The van der Waals surface area contributed by atoms with Gasteiger partial charge < -0.3 is 0 Å². The normalized spacial score (nSPS) is 11.5. The third-order valence-corrected chi connectivity index (χ3v) is 4.66. The minimum absolute atomic E-state index is 0.0826. The van der Waals surface area contributed by atoms with Gasteiger partial charge in [-0.1, -0.05) is 29.8 Å². The molecule has 0 unspecified atom stereocenters. The van der Waals surface area contributed by atoms with Crippen LogP contribution in [0.3, 0.4) is 0 Å². The largest absolute Gasteiger partial charge is 0.240 e. The molecule has 2 aromatic rings. The van der Waals surface area contributed by atoms with Crippen molar-refractivity contribution in [2.45, 2.75) is 24.7 Å². The van der Waals surface area contributed by atoms with Crippen LogP contribution in [0.5, 0.6) is 0 Å². The minimum atomic E-state index is -3.55. The van der Waals surface area contributed by atoms with Crippen LogP contribution in [-0.4, -0.2) is 15.0 Å². The van der Waals surface area contributed by atoms with E-state index in [1.54, 1.807) is 0 Å². The fourth-order valence-corrected chi connectivity index (χ4v) is 3.02. The Hall–Kier alpha value is -1.72. The summed E-state index contributed by atoms with van der Waals surface area (Å²) >= 11 is 0. The molecule has 0 bridgehead atoms. The number of hydrogen-bond acceptors (Lipinski definition) is 2. The number of benzene rings is 2. The molecule has 2 rings (SSSR count). The van der Waals surface area contributed by atoms with Crippen LogP contribution in [0.2, 0.25) is 0 Å². The number of rotatable bonds is 6. The van der Waals surface area contributed by atoms with Crippen LogP contribution in [0.25, 0.3) is 0 Å². The van der Waals surface area contributed by atoms with E-state index in [0.717, 1.165) is 18.6 Å². The number of halogens is 1. The average molecular weight is 307 g/mol. The molecule has 0 aliphatic carbocycles. The molecule has 0 saturated carbocycles. The Morgan fingerprint density at radius 1 is 1.00 bits per heavy atom. The molecular weight excluding hydrogens is 289 g/mol. The number of hydrogen-bond donors (Lipinski definition) is 1. The van der Waals surface area contributed by atoms with Crippen molar-refractivity contribution in [2.75, 3.05) is 6.54 Å². The van der Waals surface area contributed by atoms with Crippen molar-refractivity contribution in [3.63, 3.8) is 0 Å². The van der Waals surface area contributed by atoms with E-state index in [-0.39, 0.29) is 4.90 Å². The Morgan fingerprint density at radius 3 is 2.24 bits per heavy atom. The topological polar surface area (TPSA) is 46.2 Å². The third-order valence-electron chi connectivity index (χ3n) is 3.18. The first-order chi connectivity index (χ1) is 9.97. The zero-order chi connectivity index (χ0) is 15.3. The first kappa shape index (κ1) is 15.7. The Morgan fingerprint density at radius 2 is 1.62 bits per heavy atom. The lowest BCUT2D eigenvalue weighted by molar-refractivity contribution is 0.578. The van der Waals surface area contributed by atoms with E-state index in [2.05, 4.69) is 4.72 Å². The van der Waals surface area contributed by atoms with E-state index in [1.165, 1.54) is 23.3 Å². The molecule has 0 atom stereocenters. The second-order valence-electron chi connectivity index (χ2n) is 4.94. The van der Waals surface area contributed by atoms with Crippen LogP contribution in [0.15, 0.2) is 53.4 Å². The highest BCUT2D eigenvalue weighted by Gasteiger charge is 2.12. The number of sulfonamides is 1. The lowest BCUT2D eigenvalue weighted by Crippen LogP contribution is -2.25. The number of nitrogens with one attached hydrogen (secondary N) is 1. The van der Waals surface area contributed by atoms with E-state index in [9.17, 15) is 12.8 Å². The Labute approximate surface area is 124 Å². The molecular formula is C16H18FNO2S. The van der Waals surface area contributed by atoms with E-state index in [0.29, 0.717) is 13.0 Å². The van der Waals surface area contributed by atoms with Gasteiger partial charge in [-0.3, -0.25) is 0 Å². The summed E-state index contributed by atoms with van der Waals surface area (Å²) in [5.74, 6) is -0.451. The summed E-state index contributed by atoms with van der Waals surface area (Å²) < 4.78 is 39.2. The molecule has 0 aromatic heterocycles. The standard InChI is InChI=1S/C16H18FNO2S/c1-13-4-6-14(7-5-13)3-2-12-18-21(19,20)16-10-8-15(17)9-11-16/h4-11,18H,2-3,12H2,1H3. The summed E-state index contributed by atoms with van der Waals surface area (Å²) in [6, 6.07) is 13.0. The van der Waals surface area contributed by atoms with Gasteiger partial charge >= 0.3 is 0 Å². The number of aryl methyl sites for hydroxylation is 2. The molecule has 0 aliphatic rings. The molecule has 3 nitrogen and oxygen atoms in total. The molecule has 5 heteroatoms. The summed E-state index contributed by atoms with van der Waals surface area (Å²) in [5, 5.41) is 0. The molecule has 112 valence electrons. The smallest absolute Gasteiger partial charge is 0.211 e. The molecule has 1 N–H and O–H groups in total. The van der Waals surface area contributed by atoms with Crippen LogP contribution in [-0.2, 0) is 16.4 Å². The van der Waals surface area contributed by atoms with Gasteiger partial charge in [0.1, 0.15) is 5.82 Å². The maximum atomic E-state index is 12.8. The first-order valence-corrected chi connectivity index (χ1v) is 8.26. The molecule has 0 spiro atoms. The van der Waals surface area contributed by atoms with E-state index in [1.807, 2.05) is 31.2 Å². The van der Waals surface area contributed by atoms with Gasteiger partial charge in [0.05, 0.1) is 4.90 Å². The van der Waals surface area contributed by atoms with Crippen LogP contribution in [0.4, 0.5) is 4.39 Å². The highest BCUT2D eigenvalue weighted by atomic mass is 32.2. The van der Waals surface area contributed by atoms with Gasteiger partial charge in [0.25, 0.3) is 0 Å². The predicted molar refractivity (Wildman–Crippen MR) is 81.1 cm³/mol. The van der Waals surface area contributed by atoms with Crippen molar-refractivity contribution in [1.29, 1.82) is 0 Å². The lowest BCUT2D eigenvalue weighted by atomic mass is 10.1. The van der Waals surface area contributed by atoms with E-state index in [4.69, 9.17) is 0 Å². The van der Waals surface area contributed by atoms with Crippen molar-refractivity contribution in [2.24, 2.45) is 0 Å². The molecule has 0 aliphatic heterocycles. The zero-order valence-corrected chi connectivity index (χ0v) is 12.7. The van der Waals surface area contributed by atoms with Crippen LogP contribution >= 0.6 is 0 Å². The van der Waals surface area contributed by atoms with E-state index < -0.39 is 15.8 Å². The molecule has 0 radical (unpaired) electrons. The fourth-order valence-electron chi connectivity index (χ4n) is 1.95. The van der Waals surface area contributed by atoms with Gasteiger partial charge in [-0.25, -0.2) is 17.5 Å². The van der Waals surface area contributed by atoms with Crippen LogP contribution < -0.4 is 4.72 Å². The van der Waals surface area contributed by atoms with Crippen molar-refractivity contribution < 1.29 is 12.8 Å². The van der Waals surface area contributed by atoms with Crippen molar-refractivity contribution in [3.8, 4) is 0 Å². The van der Waals surface area contributed by atoms with Crippen LogP contribution in [0.1, 0.15) is 17.5 Å². The minimum Gasteiger partial charge on any atom is -0.211 e. The molecule has 21 heavy (non-hydrogen) atoms. The van der Waals surface area contributed by atoms with Crippen LogP contribution in [0, 0.1) is 12.7 Å². The molecule has 0 amide bonds. The first-order valence-electron chi connectivity index (χ1n) is 6.78. The van der Waals surface area contributed by atoms with Crippen molar-refractivity contribution in [1.82, 2.24) is 4.72 Å². The maximum absolute atomic E-state index is 12.8. The molecule has 0 fully saturated rings. The second-order valence-corrected chi connectivity index (χ2v) is 6.71. The van der Waals surface area contributed by atoms with E-state index >= 15 is 0 Å². The Kier molecular flexibility index (Phi) is 5.09. The second kappa shape index (κ2) is 6.83. The fraction of sp³-hybridized carbons (Fsp3) is 0.250. The molecule has 0 saturated heterocycles. The third kappa shape index (κ3) is 4.65. The summed E-state index contributed by atoms with van der Waals surface area (Å²) in [4.78, 5) is 0.0826. The Balaban J connectivity index is 1.85. The van der Waals surface area contributed by atoms with Gasteiger partial charge in [0, 0.05) is 6.54 Å². The predicted octanol–water partition coefficient (Wildman–Crippen LogP) is 3.05. The van der Waals surface area contributed by atoms with Gasteiger partial charge in [0.15, 0.2) is 0 Å². The highest BCUT2D eigenvalue weighted by molar-refractivity contribution is 7.89. The monoisotopic (exact) mass is 307 g/mol. The highest BCUT2D eigenvalue weighted by Crippen LogP contribution is 2.10. The summed E-state index contributed by atoms with van der Waals surface area (Å²) in [6.07, 6.45) is 1.52. The van der Waals surface area contributed by atoms with Gasteiger partial charge in [-0.2, -0.15) is 0 Å². The summed E-state index contributed by atoms with van der Waals surface area (Å²) in [6.45, 7) is 2.38. The van der Waals surface area contributed by atoms with Gasteiger partial charge in [-0.05, 0) is 49.6 Å². The lowest BCUT2D eigenvalue weighted by Gasteiger charge is -2.07. The average Bonchev–Trinajstić information content (AvgIpc) is 2.46. The summed E-state index contributed by atoms with van der Waals surface area (Å²) in [7, 11) is -3.55.